The summed E-state index contributed by atoms with van der Waals surface area (Å²) in [6.45, 7) is 6.62. The normalized spacial score (nSPS) is 12.2. The van der Waals surface area contributed by atoms with E-state index in [4.69, 9.17) is 14.2 Å². The van der Waals surface area contributed by atoms with Crippen LogP contribution in [0.1, 0.15) is 297 Å². The summed E-state index contributed by atoms with van der Waals surface area (Å²) in [4.78, 5) is 38.1. The highest BCUT2D eigenvalue weighted by Crippen LogP contribution is 2.16. The molecule has 0 radical (unpaired) electrons. The second kappa shape index (κ2) is 53.2. The van der Waals surface area contributed by atoms with E-state index in [-0.39, 0.29) is 31.1 Å². The minimum atomic E-state index is -0.778. The highest BCUT2D eigenvalue weighted by Gasteiger charge is 2.19. The number of allylic oxidation sites excluding steroid dienone is 6. The number of carbonyl (C=O) groups is 3. The van der Waals surface area contributed by atoms with Crippen LogP contribution in [0.2, 0.25) is 0 Å². The Morgan fingerprint density at radius 2 is 0.562 bits per heavy atom. The van der Waals surface area contributed by atoms with Crippen LogP contribution in [-0.4, -0.2) is 37.2 Å². The smallest absolute Gasteiger partial charge is 0.306 e. The molecule has 0 spiro atoms. The van der Waals surface area contributed by atoms with Crippen LogP contribution in [0.25, 0.3) is 0 Å². The SMILES string of the molecule is CCCCC/C=C\C/C=C\CCCCCCCCCC(=O)OCC(COC(=O)CCCCC/C=C\CCCCCCCCC)OC(=O)CCCCCCCCCCCCCCCCC. The molecule has 0 fully saturated rings. The predicted octanol–water partition coefficient (Wildman–Crippen LogP) is 18.5. The zero-order valence-corrected chi connectivity index (χ0v) is 42.8. The molecule has 1 unspecified atom stereocenters. The van der Waals surface area contributed by atoms with Crippen molar-refractivity contribution in [1.29, 1.82) is 0 Å². The van der Waals surface area contributed by atoms with Crippen LogP contribution in [0.4, 0.5) is 0 Å². The summed E-state index contributed by atoms with van der Waals surface area (Å²) in [6, 6.07) is 0. The molecule has 0 aromatic rings. The second-order valence-corrected chi connectivity index (χ2v) is 18.8. The molecular weight excluding hydrogens is 793 g/mol. The minimum absolute atomic E-state index is 0.0778. The topological polar surface area (TPSA) is 78.9 Å². The van der Waals surface area contributed by atoms with Gasteiger partial charge in [-0.25, -0.2) is 0 Å². The minimum Gasteiger partial charge on any atom is -0.462 e. The maximum atomic E-state index is 12.8. The third-order valence-corrected chi connectivity index (χ3v) is 12.4. The number of rotatable bonds is 51. The second-order valence-electron chi connectivity index (χ2n) is 18.8. The standard InChI is InChI=1S/C58H106O6/c1-4-7-10-13-16-19-22-25-28-29-31-33-36-39-42-45-48-51-57(60)63-54-55(53-62-56(59)50-47-44-41-38-35-32-27-24-21-18-15-12-9-6-3)64-58(61)52-49-46-43-40-37-34-30-26-23-20-17-14-11-8-5-2/h16,19,25,28,32,35,55H,4-15,17-18,20-24,26-27,29-31,33-34,36-54H2,1-3H3/b19-16-,28-25-,35-32-. The van der Waals surface area contributed by atoms with Gasteiger partial charge in [-0.1, -0.05) is 237 Å². The van der Waals surface area contributed by atoms with E-state index < -0.39 is 6.10 Å². The highest BCUT2D eigenvalue weighted by molar-refractivity contribution is 5.71. The van der Waals surface area contributed by atoms with E-state index in [9.17, 15) is 14.4 Å². The van der Waals surface area contributed by atoms with Crippen molar-refractivity contribution in [3.8, 4) is 0 Å². The zero-order valence-electron chi connectivity index (χ0n) is 42.8. The quantitative estimate of drug-likeness (QED) is 0.0262. The molecule has 0 bridgehead atoms. The van der Waals surface area contributed by atoms with Crippen molar-refractivity contribution in [1.82, 2.24) is 0 Å². The molecule has 0 saturated carbocycles. The van der Waals surface area contributed by atoms with E-state index in [1.54, 1.807) is 0 Å². The lowest BCUT2D eigenvalue weighted by molar-refractivity contribution is -0.167. The number of ether oxygens (including phenoxy) is 3. The van der Waals surface area contributed by atoms with Crippen molar-refractivity contribution in [2.45, 2.75) is 303 Å². The number of hydrogen-bond donors (Lipinski definition) is 0. The van der Waals surface area contributed by atoms with E-state index in [0.717, 1.165) is 83.5 Å². The lowest BCUT2D eigenvalue weighted by Crippen LogP contribution is -2.30. The van der Waals surface area contributed by atoms with Crippen LogP contribution < -0.4 is 0 Å². The van der Waals surface area contributed by atoms with Gasteiger partial charge in [0, 0.05) is 19.3 Å². The molecular formula is C58H106O6. The summed E-state index contributed by atoms with van der Waals surface area (Å²) in [5.74, 6) is -0.886. The summed E-state index contributed by atoms with van der Waals surface area (Å²) < 4.78 is 16.8. The summed E-state index contributed by atoms with van der Waals surface area (Å²) >= 11 is 0. The molecule has 0 heterocycles. The van der Waals surface area contributed by atoms with Gasteiger partial charge in [0.15, 0.2) is 6.10 Å². The molecule has 0 amide bonds. The third-order valence-electron chi connectivity index (χ3n) is 12.4. The van der Waals surface area contributed by atoms with E-state index >= 15 is 0 Å². The summed E-state index contributed by atoms with van der Waals surface area (Å²) in [5.41, 5.74) is 0. The van der Waals surface area contributed by atoms with Gasteiger partial charge in [0.25, 0.3) is 0 Å². The summed E-state index contributed by atoms with van der Waals surface area (Å²) in [6.07, 6.45) is 62.7. The van der Waals surface area contributed by atoms with E-state index in [1.165, 1.54) is 173 Å². The molecule has 0 aliphatic carbocycles. The van der Waals surface area contributed by atoms with Gasteiger partial charge < -0.3 is 14.2 Å². The van der Waals surface area contributed by atoms with Crippen LogP contribution in [0.15, 0.2) is 36.5 Å². The molecule has 0 aliphatic rings. The van der Waals surface area contributed by atoms with Crippen molar-refractivity contribution in [2.75, 3.05) is 13.2 Å². The third kappa shape index (κ3) is 50.6. The van der Waals surface area contributed by atoms with E-state index in [2.05, 4.69) is 57.2 Å². The largest absolute Gasteiger partial charge is 0.462 e. The van der Waals surface area contributed by atoms with Crippen molar-refractivity contribution >= 4 is 17.9 Å². The molecule has 0 aromatic carbocycles. The van der Waals surface area contributed by atoms with Gasteiger partial charge in [0.1, 0.15) is 13.2 Å². The first kappa shape index (κ1) is 61.6. The van der Waals surface area contributed by atoms with Crippen LogP contribution in [0, 0.1) is 0 Å². The molecule has 0 aromatic heterocycles. The fourth-order valence-electron chi connectivity index (χ4n) is 8.12. The molecule has 374 valence electrons. The molecule has 0 rings (SSSR count). The van der Waals surface area contributed by atoms with E-state index in [0.29, 0.717) is 19.3 Å². The Morgan fingerprint density at radius 1 is 0.312 bits per heavy atom. The predicted molar refractivity (Wildman–Crippen MR) is 275 cm³/mol. The van der Waals surface area contributed by atoms with Crippen LogP contribution in [0.5, 0.6) is 0 Å². The van der Waals surface area contributed by atoms with Crippen molar-refractivity contribution < 1.29 is 28.6 Å². The van der Waals surface area contributed by atoms with Gasteiger partial charge >= 0.3 is 17.9 Å². The van der Waals surface area contributed by atoms with Crippen LogP contribution in [-0.2, 0) is 28.6 Å². The summed E-state index contributed by atoms with van der Waals surface area (Å²) in [5, 5.41) is 0. The molecule has 0 N–H and O–H groups in total. The number of unbranched alkanes of at least 4 members (excludes halogenated alkanes) is 34. The van der Waals surface area contributed by atoms with Crippen LogP contribution in [0.3, 0.4) is 0 Å². The van der Waals surface area contributed by atoms with Gasteiger partial charge in [0.2, 0.25) is 0 Å². The Morgan fingerprint density at radius 3 is 0.922 bits per heavy atom. The van der Waals surface area contributed by atoms with Crippen molar-refractivity contribution in [3.63, 3.8) is 0 Å². The Bertz CT molecular complexity index is 1080. The molecule has 6 nitrogen and oxygen atoms in total. The monoisotopic (exact) mass is 899 g/mol. The van der Waals surface area contributed by atoms with Gasteiger partial charge in [-0.2, -0.15) is 0 Å². The highest BCUT2D eigenvalue weighted by atomic mass is 16.6. The average Bonchev–Trinajstić information content (AvgIpc) is 3.29. The fourth-order valence-corrected chi connectivity index (χ4v) is 8.12. The molecule has 1 atom stereocenters. The number of esters is 3. The molecule has 0 saturated heterocycles. The summed E-state index contributed by atoms with van der Waals surface area (Å²) in [7, 11) is 0. The van der Waals surface area contributed by atoms with Crippen molar-refractivity contribution in [2.24, 2.45) is 0 Å². The average molecular weight is 899 g/mol. The fraction of sp³-hybridized carbons (Fsp3) is 0.845. The first-order valence-electron chi connectivity index (χ1n) is 28.0. The first-order valence-corrected chi connectivity index (χ1v) is 28.0. The molecule has 0 aliphatic heterocycles. The molecule has 64 heavy (non-hydrogen) atoms. The maximum absolute atomic E-state index is 12.8. The van der Waals surface area contributed by atoms with Gasteiger partial charge in [0.05, 0.1) is 0 Å². The van der Waals surface area contributed by atoms with E-state index in [1.807, 2.05) is 0 Å². The van der Waals surface area contributed by atoms with Gasteiger partial charge in [-0.3, -0.25) is 14.4 Å². The first-order chi connectivity index (χ1) is 31.5. The lowest BCUT2D eigenvalue weighted by atomic mass is 10.0. The number of carbonyl (C=O) groups excluding carboxylic acids is 3. The zero-order chi connectivity index (χ0) is 46.5. The Balaban J connectivity index is 4.37. The Hall–Kier alpha value is -2.37. The maximum Gasteiger partial charge on any atom is 0.306 e. The van der Waals surface area contributed by atoms with Crippen molar-refractivity contribution in [3.05, 3.63) is 36.5 Å². The van der Waals surface area contributed by atoms with Crippen LogP contribution >= 0.6 is 0 Å². The Kier molecular flexibility index (Phi) is 51.3. The number of hydrogen-bond acceptors (Lipinski definition) is 6. The lowest BCUT2D eigenvalue weighted by Gasteiger charge is -2.18. The Labute approximate surface area is 397 Å². The van der Waals surface area contributed by atoms with Gasteiger partial charge in [-0.05, 0) is 77.0 Å². The van der Waals surface area contributed by atoms with Gasteiger partial charge in [-0.15, -0.1) is 0 Å². The molecule has 6 heteroatoms.